The second kappa shape index (κ2) is 5.10. The molecule has 1 aliphatic carbocycles. The van der Waals surface area contributed by atoms with Gasteiger partial charge in [0.2, 0.25) is 0 Å². The Morgan fingerprint density at radius 1 is 0.833 bits per heavy atom. The lowest BCUT2D eigenvalue weighted by Crippen LogP contribution is -1.88. The van der Waals surface area contributed by atoms with Gasteiger partial charge in [0.25, 0.3) is 0 Å². The summed E-state index contributed by atoms with van der Waals surface area (Å²) in [5, 5.41) is 2.54. The topological polar surface area (TPSA) is 0 Å². The minimum atomic E-state index is 1.11. The van der Waals surface area contributed by atoms with Gasteiger partial charge in [0.05, 0.1) is 0 Å². The van der Waals surface area contributed by atoms with Gasteiger partial charge in [-0.3, -0.25) is 0 Å². The molecule has 0 spiro atoms. The molecule has 1 aliphatic rings. The molecule has 0 heterocycles. The fourth-order valence-corrected chi connectivity index (χ4v) is 2.37. The van der Waals surface area contributed by atoms with Gasteiger partial charge in [0.1, 0.15) is 0 Å². The van der Waals surface area contributed by atoms with Crippen molar-refractivity contribution in [1.29, 1.82) is 0 Å². The van der Waals surface area contributed by atoms with Gasteiger partial charge in [0, 0.05) is 5.56 Å². The molecule has 18 heavy (non-hydrogen) atoms. The van der Waals surface area contributed by atoms with Crippen LogP contribution in [0.3, 0.4) is 0 Å². The minimum absolute atomic E-state index is 1.11. The van der Waals surface area contributed by atoms with Gasteiger partial charge in [-0.1, -0.05) is 48.2 Å². The van der Waals surface area contributed by atoms with Gasteiger partial charge in [-0.2, -0.15) is 0 Å². The van der Waals surface area contributed by atoms with Crippen molar-refractivity contribution in [2.75, 3.05) is 0 Å². The first-order chi connectivity index (χ1) is 8.92. The summed E-state index contributed by atoms with van der Waals surface area (Å²) >= 11 is 0. The van der Waals surface area contributed by atoms with Gasteiger partial charge >= 0.3 is 0 Å². The van der Waals surface area contributed by atoms with Crippen LogP contribution < -0.4 is 0 Å². The minimum Gasteiger partial charge on any atom is -0.0729 e. The van der Waals surface area contributed by atoms with Crippen molar-refractivity contribution in [3.05, 3.63) is 59.7 Å². The van der Waals surface area contributed by atoms with Crippen LogP contribution in [0.4, 0.5) is 0 Å². The van der Waals surface area contributed by atoms with E-state index < -0.39 is 0 Å². The number of benzene rings is 2. The average Bonchev–Trinajstić information content (AvgIpc) is 2.46. The molecule has 0 unspecified atom stereocenters. The fourth-order valence-electron chi connectivity index (χ4n) is 2.37. The highest BCUT2D eigenvalue weighted by Gasteiger charge is 1.99. The third-order valence-electron chi connectivity index (χ3n) is 3.41. The van der Waals surface area contributed by atoms with Crippen LogP contribution >= 0.6 is 0 Å². The number of rotatable bonds is 0. The first-order valence-electron chi connectivity index (χ1n) is 6.62. The summed E-state index contributed by atoms with van der Waals surface area (Å²) in [6.07, 6.45) is 7.25. The predicted octanol–water partition coefficient (Wildman–Crippen LogP) is 4.69. The summed E-state index contributed by atoms with van der Waals surface area (Å²) in [6, 6.07) is 14.8. The Morgan fingerprint density at radius 2 is 1.72 bits per heavy atom. The summed E-state index contributed by atoms with van der Waals surface area (Å²) in [6.45, 7) is 0. The molecule has 0 fully saturated rings. The smallest absolute Gasteiger partial charge is 0.0255 e. The van der Waals surface area contributed by atoms with E-state index in [1.54, 1.807) is 0 Å². The molecule has 2 aromatic rings. The van der Waals surface area contributed by atoms with Crippen LogP contribution in [0.5, 0.6) is 0 Å². The highest BCUT2D eigenvalue weighted by molar-refractivity contribution is 5.83. The maximum absolute atomic E-state index is 3.31. The molecule has 0 atom stereocenters. The van der Waals surface area contributed by atoms with Gasteiger partial charge in [-0.05, 0) is 54.2 Å². The number of hydrogen-bond acceptors (Lipinski definition) is 0. The van der Waals surface area contributed by atoms with E-state index in [0.717, 1.165) is 12.0 Å². The fraction of sp³-hybridized carbons (Fsp3) is 0.222. The van der Waals surface area contributed by atoms with E-state index in [1.807, 2.05) is 0 Å². The van der Waals surface area contributed by atoms with Crippen LogP contribution in [0.15, 0.2) is 54.1 Å². The molecule has 0 N–H and O–H groups in total. The van der Waals surface area contributed by atoms with Crippen LogP contribution in [0, 0.1) is 11.8 Å². The lowest BCUT2D eigenvalue weighted by molar-refractivity contribution is 0.715. The van der Waals surface area contributed by atoms with E-state index in [-0.39, 0.29) is 0 Å². The molecule has 2 aromatic carbocycles. The zero-order valence-electron chi connectivity index (χ0n) is 10.4. The zero-order valence-corrected chi connectivity index (χ0v) is 10.4. The van der Waals surface area contributed by atoms with Gasteiger partial charge < -0.3 is 0 Å². The van der Waals surface area contributed by atoms with E-state index in [4.69, 9.17) is 0 Å². The molecule has 0 radical (unpaired) electrons. The van der Waals surface area contributed by atoms with Crippen molar-refractivity contribution >= 4 is 10.8 Å². The first kappa shape index (κ1) is 11.1. The summed E-state index contributed by atoms with van der Waals surface area (Å²) in [7, 11) is 0. The lowest BCUT2D eigenvalue weighted by Gasteiger charge is -2.05. The Bertz CT molecular complexity index is 650. The molecule has 88 valence electrons. The van der Waals surface area contributed by atoms with Gasteiger partial charge in [-0.25, -0.2) is 0 Å². The second-order valence-electron chi connectivity index (χ2n) is 4.79. The maximum Gasteiger partial charge on any atom is 0.0255 e. The van der Waals surface area contributed by atoms with E-state index in [9.17, 15) is 0 Å². The number of fused-ring (bicyclic) bond motifs is 1. The van der Waals surface area contributed by atoms with Crippen LogP contribution in [-0.2, 0) is 0 Å². The van der Waals surface area contributed by atoms with Crippen LogP contribution in [0.1, 0.15) is 31.2 Å². The molecule has 3 rings (SSSR count). The van der Waals surface area contributed by atoms with E-state index in [1.165, 1.54) is 35.6 Å². The Hall–Kier alpha value is -2.00. The number of hydrogen-bond donors (Lipinski definition) is 0. The first-order valence-corrected chi connectivity index (χ1v) is 6.62. The van der Waals surface area contributed by atoms with Gasteiger partial charge in [-0.15, -0.1) is 0 Å². The second-order valence-corrected chi connectivity index (χ2v) is 4.79. The molecule has 0 aliphatic heterocycles. The molecule has 0 saturated heterocycles. The summed E-state index contributed by atoms with van der Waals surface area (Å²) < 4.78 is 0. The van der Waals surface area contributed by atoms with Gasteiger partial charge in [0.15, 0.2) is 0 Å². The molecule has 0 nitrogen and oxygen atoms in total. The lowest BCUT2D eigenvalue weighted by atomic mass is 9.99. The third-order valence-corrected chi connectivity index (χ3v) is 3.41. The van der Waals surface area contributed by atoms with E-state index in [2.05, 4.69) is 60.4 Å². The van der Waals surface area contributed by atoms with Crippen molar-refractivity contribution in [2.24, 2.45) is 0 Å². The van der Waals surface area contributed by atoms with Crippen molar-refractivity contribution < 1.29 is 0 Å². The monoisotopic (exact) mass is 232 g/mol. The molecule has 0 heteroatoms. The highest BCUT2D eigenvalue weighted by Crippen LogP contribution is 2.17. The highest BCUT2D eigenvalue weighted by atomic mass is 14.0. The Morgan fingerprint density at radius 3 is 2.56 bits per heavy atom. The average molecular weight is 232 g/mol. The van der Waals surface area contributed by atoms with Crippen molar-refractivity contribution in [2.45, 2.75) is 25.7 Å². The molecule has 0 saturated carbocycles. The van der Waals surface area contributed by atoms with E-state index >= 15 is 0 Å². The summed E-state index contributed by atoms with van der Waals surface area (Å²) in [4.78, 5) is 0. The Kier molecular flexibility index (Phi) is 3.15. The molecule has 0 amide bonds. The third kappa shape index (κ3) is 2.46. The molecule has 0 bridgehead atoms. The Balaban J connectivity index is 1.91. The molecular formula is C18H16. The quantitative estimate of drug-likeness (QED) is 0.578. The standard InChI is InChI=1S/C18H16/c1-2-6-15(7-3-1)10-11-16-12-13-17-8-4-5-9-18(17)14-16/h4-6,8-9,12-14H,1-3,7H2. The SMILES string of the molecule is C(#Cc1ccc2ccccc2c1)C1=CCCCC1. The summed E-state index contributed by atoms with van der Waals surface area (Å²) in [5.74, 6) is 6.60. The van der Waals surface area contributed by atoms with Crippen LogP contribution in [0.25, 0.3) is 10.8 Å². The van der Waals surface area contributed by atoms with Crippen LogP contribution in [-0.4, -0.2) is 0 Å². The summed E-state index contributed by atoms with van der Waals surface area (Å²) in [5.41, 5.74) is 2.43. The number of allylic oxidation sites excluding steroid dienone is 2. The van der Waals surface area contributed by atoms with Crippen LogP contribution in [0.2, 0.25) is 0 Å². The van der Waals surface area contributed by atoms with E-state index in [0.29, 0.717) is 0 Å². The predicted molar refractivity (Wildman–Crippen MR) is 77.4 cm³/mol. The van der Waals surface area contributed by atoms with Crippen molar-refractivity contribution in [3.63, 3.8) is 0 Å². The van der Waals surface area contributed by atoms with Crippen molar-refractivity contribution in [1.82, 2.24) is 0 Å². The van der Waals surface area contributed by atoms with Crippen molar-refractivity contribution in [3.8, 4) is 11.8 Å². The Labute approximate surface area is 108 Å². The maximum atomic E-state index is 3.31. The molecule has 0 aromatic heterocycles. The molecular weight excluding hydrogens is 216 g/mol. The largest absolute Gasteiger partial charge is 0.0729 e. The zero-order chi connectivity index (χ0) is 12.2. The normalized spacial score (nSPS) is 14.8.